The zero-order chi connectivity index (χ0) is 19.8. The molecule has 5 nitrogen and oxygen atoms in total. The first-order valence-corrected chi connectivity index (χ1v) is 10.2. The van der Waals surface area contributed by atoms with Gasteiger partial charge in [0.05, 0.1) is 0 Å². The molecular formula is C23H33IN4O. The summed E-state index contributed by atoms with van der Waals surface area (Å²) in [5, 5.41) is 3.16. The third kappa shape index (κ3) is 7.85. The average molecular weight is 508 g/mol. The highest BCUT2D eigenvalue weighted by molar-refractivity contribution is 14.0. The molecule has 1 heterocycles. The minimum atomic E-state index is 0. The number of likely N-dealkylation sites (tertiary alicyclic amines) is 1. The molecular weight excluding hydrogens is 475 g/mol. The van der Waals surface area contributed by atoms with Crippen molar-refractivity contribution in [3.63, 3.8) is 0 Å². The van der Waals surface area contributed by atoms with Crippen LogP contribution in [0.4, 0.5) is 5.69 Å². The molecule has 1 aliphatic rings. The molecule has 0 radical (unpaired) electrons. The van der Waals surface area contributed by atoms with Gasteiger partial charge in [-0.3, -0.25) is 9.89 Å². The zero-order valence-corrected chi connectivity index (χ0v) is 19.8. The molecule has 0 saturated carbocycles. The standard InChI is InChI=1S/C23H32N4O.HI/c1-18-5-8-21(17-19(18)2)26-23(24)25-12-11-20-6-9-22(10-7-20)28-16-15-27-13-3-4-14-27;/h5-10,17H,3-4,11-16H2,1-2H3,(H3,24,25,26);1H. The van der Waals surface area contributed by atoms with Gasteiger partial charge in [-0.05, 0) is 87.2 Å². The van der Waals surface area contributed by atoms with Crippen molar-refractivity contribution in [1.82, 2.24) is 4.90 Å². The molecule has 1 saturated heterocycles. The number of rotatable bonds is 8. The van der Waals surface area contributed by atoms with Gasteiger partial charge in [-0.15, -0.1) is 24.0 Å². The van der Waals surface area contributed by atoms with Crippen molar-refractivity contribution in [3.05, 3.63) is 59.2 Å². The molecule has 0 bridgehead atoms. The Morgan fingerprint density at radius 1 is 1.07 bits per heavy atom. The van der Waals surface area contributed by atoms with E-state index >= 15 is 0 Å². The van der Waals surface area contributed by atoms with E-state index in [2.05, 4.69) is 53.3 Å². The maximum Gasteiger partial charge on any atom is 0.193 e. The predicted molar refractivity (Wildman–Crippen MR) is 133 cm³/mol. The van der Waals surface area contributed by atoms with Crippen molar-refractivity contribution in [3.8, 4) is 5.75 Å². The van der Waals surface area contributed by atoms with Gasteiger partial charge in [0.25, 0.3) is 0 Å². The molecule has 3 rings (SSSR count). The van der Waals surface area contributed by atoms with Crippen LogP contribution in [0, 0.1) is 13.8 Å². The Hall–Kier alpha value is -1.80. The lowest BCUT2D eigenvalue weighted by Gasteiger charge is -2.15. The lowest BCUT2D eigenvalue weighted by atomic mass is 10.1. The van der Waals surface area contributed by atoms with Crippen molar-refractivity contribution in [1.29, 1.82) is 0 Å². The van der Waals surface area contributed by atoms with Crippen molar-refractivity contribution in [2.75, 3.05) is 38.1 Å². The molecule has 0 spiro atoms. The van der Waals surface area contributed by atoms with E-state index in [0.717, 1.165) is 31.0 Å². The fourth-order valence-electron chi connectivity index (χ4n) is 3.36. The number of nitrogens with zero attached hydrogens (tertiary/aromatic N) is 2. The Bertz CT molecular complexity index is 786. The Morgan fingerprint density at radius 3 is 2.48 bits per heavy atom. The SMILES string of the molecule is Cc1ccc(NC(N)=NCCc2ccc(OCCN3CCCC3)cc2)cc1C.I. The lowest BCUT2D eigenvalue weighted by Crippen LogP contribution is -2.25. The van der Waals surface area contributed by atoms with Crippen molar-refractivity contribution < 1.29 is 4.74 Å². The number of nitrogens with two attached hydrogens (primary N) is 1. The molecule has 3 N–H and O–H groups in total. The summed E-state index contributed by atoms with van der Waals surface area (Å²) in [6.45, 7) is 9.04. The van der Waals surface area contributed by atoms with Crippen LogP contribution < -0.4 is 15.8 Å². The van der Waals surface area contributed by atoms with Crippen LogP contribution in [-0.4, -0.2) is 43.6 Å². The monoisotopic (exact) mass is 508 g/mol. The number of aryl methyl sites for hydroxylation is 2. The first-order valence-electron chi connectivity index (χ1n) is 10.2. The van der Waals surface area contributed by atoms with Crippen LogP contribution in [-0.2, 0) is 6.42 Å². The van der Waals surface area contributed by atoms with Gasteiger partial charge < -0.3 is 15.8 Å². The summed E-state index contributed by atoms with van der Waals surface area (Å²) in [4.78, 5) is 6.89. The molecule has 1 fully saturated rings. The van der Waals surface area contributed by atoms with E-state index in [1.54, 1.807) is 0 Å². The number of benzene rings is 2. The summed E-state index contributed by atoms with van der Waals surface area (Å²) in [5.74, 6) is 1.38. The third-order valence-electron chi connectivity index (χ3n) is 5.26. The van der Waals surface area contributed by atoms with Crippen LogP contribution in [0.15, 0.2) is 47.5 Å². The highest BCUT2D eigenvalue weighted by Gasteiger charge is 2.10. The largest absolute Gasteiger partial charge is 0.492 e. The smallest absolute Gasteiger partial charge is 0.193 e. The van der Waals surface area contributed by atoms with Crippen LogP contribution in [0.5, 0.6) is 5.75 Å². The van der Waals surface area contributed by atoms with E-state index in [9.17, 15) is 0 Å². The number of anilines is 1. The van der Waals surface area contributed by atoms with Gasteiger partial charge in [0.15, 0.2) is 5.96 Å². The van der Waals surface area contributed by atoms with Gasteiger partial charge in [-0.1, -0.05) is 18.2 Å². The van der Waals surface area contributed by atoms with E-state index < -0.39 is 0 Å². The van der Waals surface area contributed by atoms with Gasteiger partial charge in [0.2, 0.25) is 0 Å². The van der Waals surface area contributed by atoms with Gasteiger partial charge in [0, 0.05) is 18.8 Å². The minimum absolute atomic E-state index is 0. The van der Waals surface area contributed by atoms with E-state index in [4.69, 9.17) is 10.5 Å². The molecule has 0 atom stereocenters. The summed E-state index contributed by atoms with van der Waals surface area (Å²) in [6, 6.07) is 14.5. The highest BCUT2D eigenvalue weighted by Crippen LogP contribution is 2.15. The Kier molecular flexibility index (Phi) is 9.73. The summed E-state index contributed by atoms with van der Waals surface area (Å²) in [6.07, 6.45) is 3.49. The van der Waals surface area contributed by atoms with Crippen LogP contribution in [0.2, 0.25) is 0 Å². The van der Waals surface area contributed by atoms with Crippen molar-refractivity contribution in [2.45, 2.75) is 33.1 Å². The van der Waals surface area contributed by atoms with Gasteiger partial charge in [-0.2, -0.15) is 0 Å². The summed E-state index contributed by atoms with van der Waals surface area (Å²) < 4.78 is 5.85. The minimum Gasteiger partial charge on any atom is -0.492 e. The molecule has 0 aliphatic carbocycles. The Labute approximate surface area is 191 Å². The second-order valence-corrected chi connectivity index (χ2v) is 7.48. The van der Waals surface area contributed by atoms with E-state index in [1.807, 2.05) is 18.2 Å². The van der Waals surface area contributed by atoms with Crippen LogP contribution >= 0.6 is 24.0 Å². The molecule has 1 aliphatic heterocycles. The van der Waals surface area contributed by atoms with Crippen molar-refractivity contribution in [2.24, 2.45) is 10.7 Å². The highest BCUT2D eigenvalue weighted by atomic mass is 127. The molecule has 0 amide bonds. The Balaban J connectivity index is 0.00000300. The van der Waals surface area contributed by atoms with Crippen LogP contribution in [0.1, 0.15) is 29.5 Å². The number of guanidine groups is 1. The molecule has 0 aromatic heterocycles. The van der Waals surface area contributed by atoms with E-state index in [1.165, 1.54) is 42.6 Å². The van der Waals surface area contributed by atoms with E-state index in [0.29, 0.717) is 12.5 Å². The molecule has 6 heteroatoms. The number of hydrogen-bond donors (Lipinski definition) is 2. The first kappa shape index (κ1) is 23.5. The quantitative estimate of drug-likeness (QED) is 0.316. The molecule has 2 aromatic rings. The summed E-state index contributed by atoms with van der Waals surface area (Å²) >= 11 is 0. The molecule has 0 unspecified atom stereocenters. The maximum absolute atomic E-state index is 6.00. The van der Waals surface area contributed by atoms with E-state index in [-0.39, 0.29) is 24.0 Å². The van der Waals surface area contributed by atoms with Gasteiger partial charge in [-0.25, -0.2) is 0 Å². The lowest BCUT2D eigenvalue weighted by molar-refractivity contribution is 0.238. The first-order chi connectivity index (χ1) is 13.6. The van der Waals surface area contributed by atoms with Crippen molar-refractivity contribution >= 4 is 35.6 Å². The predicted octanol–water partition coefficient (Wildman–Crippen LogP) is 4.37. The number of hydrogen-bond acceptors (Lipinski definition) is 3. The molecule has 2 aromatic carbocycles. The summed E-state index contributed by atoms with van der Waals surface area (Å²) in [7, 11) is 0. The topological polar surface area (TPSA) is 62.9 Å². The fraction of sp³-hybridized carbons (Fsp3) is 0.435. The molecule has 158 valence electrons. The second-order valence-electron chi connectivity index (χ2n) is 7.48. The number of ether oxygens (including phenoxy) is 1. The average Bonchev–Trinajstić information content (AvgIpc) is 3.19. The number of nitrogens with one attached hydrogen (secondary N) is 1. The second kappa shape index (κ2) is 12.0. The number of halogens is 1. The van der Waals surface area contributed by atoms with Crippen LogP contribution in [0.25, 0.3) is 0 Å². The number of aliphatic imine (C=N–C) groups is 1. The summed E-state index contributed by atoms with van der Waals surface area (Å²) in [5.41, 5.74) is 10.7. The van der Waals surface area contributed by atoms with Crippen LogP contribution in [0.3, 0.4) is 0 Å². The Morgan fingerprint density at radius 2 is 1.79 bits per heavy atom. The fourth-order valence-corrected chi connectivity index (χ4v) is 3.36. The maximum atomic E-state index is 6.00. The normalized spacial score (nSPS) is 14.5. The third-order valence-corrected chi connectivity index (χ3v) is 5.26. The van der Waals surface area contributed by atoms with Gasteiger partial charge >= 0.3 is 0 Å². The van der Waals surface area contributed by atoms with Gasteiger partial charge in [0.1, 0.15) is 12.4 Å². The molecule has 29 heavy (non-hydrogen) atoms. The zero-order valence-electron chi connectivity index (χ0n) is 17.5.